The molecule has 152 valence electrons. The number of aromatic nitrogens is 1. The van der Waals surface area contributed by atoms with Crippen LogP contribution in [0.25, 0.3) is 0 Å². The molecule has 28 heavy (non-hydrogen) atoms. The van der Waals surface area contributed by atoms with Crippen molar-refractivity contribution in [2.45, 2.75) is 15.7 Å². The van der Waals surface area contributed by atoms with E-state index in [0.29, 0.717) is 5.75 Å². The third kappa shape index (κ3) is 5.88. The van der Waals surface area contributed by atoms with Crippen molar-refractivity contribution in [1.29, 1.82) is 0 Å². The number of esters is 1. The van der Waals surface area contributed by atoms with E-state index in [1.54, 1.807) is 0 Å². The molecule has 0 aliphatic rings. The van der Waals surface area contributed by atoms with Crippen molar-refractivity contribution in [3.8, 4) is 5.75 Å². The van der Waals surface area contributed by atoms with Crippen molar-refractivity contribution in [2.75, 3.05) is 27.3 Å². The number of thioether (sulfide) groups is 1. The van der Waals surface area contributed by atoms with Gasteiger partial charge in [0.2, 0.25) is 10.0 Å². The first-order valence-corrected chi connectivity index (χ1v) is 10.3. The molecule has 2 aromatic rings. The molecule has 0 saturated carbocycles. The maximum Gasteiger partial charge on any atom is 0.341 e. The minimum Gasteiger partial charge on any atom is -0.490 e. The number of hydrogen-bond acceptors (Lipinski definition) is 7. The van der Waals surface area contributed by atoms with E-state index in [9.17, 15) is 22.0 Å². The molecule has 0 spiro atoms. The number of pyridine rings is 1. The van der Waals surface area contributed by atoms with Gasteiger partial charge in [-0.2, -0.15) is 8.78 Å². The first kappa shape index (κ1) is 22.1. The lowest BCUT2D eigenvalue weighted by atomic mass is 10.3. The third-order valence-corrected chi connectivity index (χ3v) is 5.94. The van der Waals surface area contributed by atoms with Crippen LogP contribution in [0.15, 0.2) is 52.5 Å². The van der Waals surface area contributed by atoms with E-state index in [1.165, 1.54) is 56.7 Å². The fraction of sp³-hybridized carbons (Fsp3) is 0.294. The van der Waals surface area contributed by atoms with Crippen LogP contribution < -0.4 is 4.74 Å². The van der Waals surface area contributed by atoms with E-state index in [-0.39, 0.29) is 40.5 Å². The molecule has 7 nitrogen and oxygen atoms in total. The summed E-state index contributed by atoms with van der Waals surface area (Å²) in [5.74, 6) is -3.10. The van der Waals surface area contributed by atoms with Crippen molar-refractivity contribution in [2.24, 2.45) is 0 Å². The van der Waals surface area contributed by atoms with Crippen LogP contribution in [0, 0.1) is 0 Å². The number of carbonyl (C=O) groups is 1. The molecule has 0 saturated heterocycles. The maximum atomic E-state index is 12.5. The SMILES string of the molecule is CN(C)S(=O)(=O)c1ccc(OCCOC(=O)c2cccnc2SC(F)F)cc1. The van der Waals surface area contributed by atoms with Gasteiger partial charge in [-0.25, -0.2) is 22.5 Å². The molecular weight excluding hydrogens is 414 g/mol. The number of alkyl halides is 2. The van der Waals surface area contributed by atoms with Crippen molar-refractivity contribution >= 4 is 27.8 Å². The monoisotopic (exact) mass is 432 g/mol. The summed E-state index contributed by atoms with van der Waals surface area (Å²) in [5.41, 5.74) is -0.0500. The van der Waals surface area contributed by atoms with Crippen LogP contribution >= 0.6 is 11.8 Å². The Bertz CT molecular complexity index is 906. The van der Waals surface area contributed by atoms with Gasteiger partial charge in [-0.3, -0.25) is 0 Å². The second kappa shape index (κ2) is 9.80. The van der Waals surface area contributed by atoms with E-state index >= 15 is 0 Å². The molecule has 0 amide bonds. The van der Waals surface area contributed by atoms with Crippen molar-refractivity contribution in [3.05, 3.63) is 48.2 Å². The van der Waals surface area contributed by atoms with Crippen LogP contribution in [0.4, 0.5) is 8.78 Å². The molecule has 0 unspecified atom stereocenters. The maximum absolute atomic E-state index is 12.5. The summed E-state index contributed by atoms with van der Waals surface area (Å²) in [7, 11) is -0.662. The molecule has 11 heteroatoms. The van der Waals surface area contributed by atoms with Gasteiger partial charge in [0.1, 0.15) is 24.0 Å². The number of hydrogen-bond donors (Lipinski definition) is 0. The molecule has 0 radical (unpaired) electrons. The van der Waals surface area contributed by atoms with Gasteiger partial charge in [0.25, 0.3) is 5.76 Å². The van der Waals surface area contributed by atoms with Gasteiger partial charge in [-0.1, -0.05) is 0 Å². The molecule has 0 aliphatic carbocycles. The first-order chi connectivity index (χ1) is 13.2. The second-order valence-corrected chi connectivity index (χ2v) is 8.61. The minimum atomic E-state index is -3.53. The average molecular weight is 432 g/mol. The minimum absolute atomic E-state index is 0.00308. The van der Waals surface area contributed by atoms with E-state index in [2.05, 4.69) is 4.98 Å². The Morgan fingerprint density at radius 3 is 2.46 bits per heavy atom. The zero-order chi connectivity index (χ0) is 20.7. The Morgan fingerprint density at radius 1 is 1.18 bits per heavy atom. The summed E-state index contributed by atoms with van der Waals surface area (Å²) in [6.07, 6.45) is 1.31. The predicted octanol–water partition coefficient (Wildman–Crippen LogP) is 2.88. The molecule has 1 aromatic heterocycles. The standard InChI is InChI=1S/C17H18F2N2O5S2/c1-21(2)28(23,24)13-7-5-12(6-8-13)25-10-11-26-16(22)14-4-3-9-20-15(14)27-17(18)19/h3-9,17H,10-11H2,1-2H3. The number of sulfonamides is 1. The number of rotatable bonds is 9. The molecule has 1 aromatic carbocycles. The normalized spacial score (nSPS) is 11.6. The summed E-state index contributed by atoms with van der Waals surface area (Å²) in [6, 6.07) is 8.57. The Balaban J connectivity index is 1.87. The van der Waals surface area contributed by atoms with Crippen molar-refractivity contribution in [3.63, 3.8) is 0 Å². The van der Waals surface area contributed by atoms with Crippen molar-refractivity contribution in [1.82, 2.24) is 9.29 Å². The largest absolute Gasteiger partial charge is 0.490 e. The zero-order valence-electron chi connectivity index (χ0n) is 15.0. The number of carbonyl (C=O) groups excluding carboxylic acids is 1. The van der Waals surface area contributed by atoms with Gasteiger partial charge >= 0.3 is 5.97 Å². The van der Waals surface area contributed by atoms with E-state index in [4.69, 9.17) is 9.47 Å². The third-order valence-electron chi connectivity index (χ3n) is 3.38. The molecule has 1 heterocycles. The van der Waals surface area contributed by atoms with E-state index in [1.807, 2.05) is 0 Å². The average Bonchev–Trinajstić information content (AvgIpc) is 2.65. The molecule has 0 N–H and O–H groups in total. The van der Waals surface area contributed by atoms with Gasteiger partial charge in [0.05, 0.1) is 10.5 Å². The summed E-state index contributed by atoms with van der Waals surface area (Å²) >= 11 is 0.166. The van der Waals surface area contributed by atoms with Crippen LogP contribution in [-0.4, -0.2) is 56.7 Å². The Kier molecular flexibility index (Phi) is 7.72. The van der Waals surface area contributed by atoms with Crippen LogP contribution in [0.3, 0.4) is 0 Å². The summed E-state index contributed by atoms with van der Waals surface area (Å²) in [6.45, 7) is -0.118. The Hall–Kier alpha value is -2.24. The molecule has 0 aliphatic heterocycles. The fourth-order valence-corrected chi connectivity index (χ4v) is 3.49. The molecule has 0 atom stereocenters. The topological polar surface area (TPSA) is 85.8 Å². The molecular formula is C17H18F2N2O5S2. The molecule has 2 rings (SSSR count). The highest BCUT2D eigenvalue weighted by Crippen LogP contribution is 2.26. The van der Waals surface area contributed by atoms with E-state index < -0.39 is 21.8 Å². The van der Waals surface area contributed by atoms with Gasteiger partial charge in [0.15, 0.2) is 0 Å². The van der Waals surface area contributed by atoms with Crippen molar-refractivity contribution < 1.29 is 31.5 Å². The summed E-state index contributed by atoms with van der Waals surface area (Å²) in [5, 5.41) is -0.110. The van der Waals surface area contributed by atoms with Crippen LogP contribution in [0.1, 0.15) is 10.4 Å². The van der Waals surface area contributed by atoms with Crippen LogP contribution in [0.2, 0.25) is 0 Å². The van der Waals surface area contributed by atoms with Gasteiger partial charge in [0, 0.05) is 20.3 Å². The van der Waals surface area contributed by atoms with Gasteiger partial charge < -0.3 is 9.47 Å². The van der Waals surface area contributed by atoms with Gasteiger partial charge in [-0.05, 0) is 48.2 Å². The number of nitrogens with zero attached hydrogens (tertiary/aromatic N) is 2. The number of benzene rings is 1. The zero-order valence-corrected chi connectivity index (χ0v) is 16.7. The lowest BCUT2D eigenvalue weighted by Gasteiger charge is -2.12. The number of halogens is 2. The number of ether oxygens (including phenoxy) is 2. The second-order valence-electron chi connectivity index (χ2n) is 5.48. The molecule has 0 bridgehead atoms. The van der Waals surface area contributed by atoms with Crippen LogP contribution in [0.5, 0.6) is 5.75 Å². The Morgan fingerprint density at radius 2 is 1.86 bits per heavy atom. The highest BCUT2D eigenvalue weighted by atomic mass is 32.2. The summed E-state index contributed by atoms with van der Waals surface area (Å²) in [4.78, 5) is 15.9. The first-order valence-electron chi connectivity index (χ1n) is 7.94. The lowest BCUT2D eigenvalue weighted by Crippen LogP contribution is -2.22. The van der Waals surface area contributed by atoms with Crippen LogP contribution in [-0.2, 0) is 14.8 Å². The lowest BCUT2D eigenvalue weighted by molar-refractivity contribution is 0.0445. The molecule has 0 fully saturated rings. The summed E-state index contributed by atoms with van der Waals surface area (Å²) < 4.78 is 60.5. The highest BCUT2D eigenvalue weighted by molar-refractivity contribution is 7.99. The highest BCUT2D eigenvalue weighted by Gasteiger charge is 2.18. The van der Waals surface area contributed by atoms with E-state index in [0.717, 1.165) is 4.31 Å². The Labute approximate surface area is 165 Å². The predicted molar refractivity (Wildman–Crippen MR) is 99.2 cm³/mol. The fourth-order valence-electron chi connectivity index (χ4n) is 2.01. The quantitative estimate of drug-likeness (QED) is 0.342. The van der Waals surface area contributed by atoms with Gasteiger partial charge in [-0.15, -0.1) is 0 Å². The smallest absolute Gasteiger partial charge is 0.341 e.